The second-order valence-corrected chi connectivity index (χ2v) is 7.58. The van der Waals surface area contributed by atoms with Gasteiger partial charge >= 0.3 is 0 Å². The lowest BCUT2D eigenvalue weighted by molar-refractivity contribution is 0.267. The summed E-state index contributed by atoms with van der Waals surface area (Å²) in [5.41, 5.74) is 3.85. The van der Waals surface area contributed by atoms with E-state index in [1.54, 1.807) is 18.2 Å². The van der Waals surface area contributed by atoms with Gasteiger partial charge in [-0.05, 0) is 76.8 Å². The van der Waals surface area contributed by atoms with Crippen molar-refractivity contribution in [2.24, 2.45) is 0 Å². The molecule has 3 aromatic carbocycles. The summed E-state index contributed by atoms with van der Waals surface area (Å²) in [4.78, 5) is 0. The van der Waals surface area contributed by atoms with E-state index in [-0.39, 0.29) is 5.82 Å². The van der Waals surface area contributed by atoms with E-state index >= 15 is 0 Å². The third-order valence-corrected chi connectivity index (χ3v) is 4.95. The molecule has 5 heteroatoms. The Kier molecular flexibility index (Phi) is 7.26. The van der Waals surface area contributed by atoms with E-state index in [0.29, 0.717) is 40.3 Å². The summed E-state index contributed by atoms with van der Waals surface area (Å²) in [5.74, 6) is 0.784. The molecule has 3 nitrogen and oxygen atoms in total. The van der Waals surface area contributed by atoms with Gasteiger partial charge in [0.15, 0.2) is 11.5 Å². The van der Waals surface area contributed by atoms with Crippen LogP contribution in [0.4, 0.5) is 4.39 Å². The molecule has 0 saturated carbocycles. The van der Waals surface area contributed by atoms with Gasteiger partial charge in [-0.3, -0.25) is 0 Å². The molecular formula is C25H21BrFNO2. The fourth-order valence-corrected chi connectivity index (χ4v) is 3.61. The Morgan fingerprint density at radius 2 is 1.90 bits per heavy atom. The minimum absolute atomic E-state index is 0.359. The standard InChI is InChI=1S/C25H21BrFNO2/c1-3-29-24-13-19(11-21(15-28)20-8-5-9-22(27)14-20)12-23(26)25(24)30-16-18-7-4-6-17(2)10-18/h4-14H,3,16H2,1-2H3/b21-11-. The van der Waals surface area contributed by atoms with Gasteiger partial charge in [0, 0.05) is 0 Å². The zero-order chi connectivity index (χ0) is 21.5. The summed E-state index contributed by atoms with van der Waals surface area (Å²) in [6.45, 7) is 4.81. The average Bonchev–Trinajstić information content (AvgIpc) is 2.71. The molecule has 0 aliphatic rings. The monoisotopic (exact) mass is 465 g/mol. The normalized spacial score (nSPS) is 11.1. The van der Waals surface area contributed by atoms with Crippen molar-refractivity contribution < 1.29 is 13.9 Å². The van der Waals surface area contributed by atoms with E-state index in [4.69, 9.17) is 9.47 Å². The first kappa shape index (κ1) is 21.6. The van der Waals surface area contributed by atoms with Crippen molar-refractivity contribution in [3.63, 3.8) is 0 Å². The number of nitrogens with zero attached hydrogens (tertiary/aromatic N) is 1. The van der Waals surface area contributed by atoms with Gasteiger partial charge < -0.3 is 9.47 Å². The Labute approximate surface area is 184 Å². The third-order valence-electron chi connectivity index (χ3n) is 4.36. The molecule has 152 valence electrons. The van der Waals surface area contributed by atoms with Gasteiger partial charge in [0.05, 0.1) is 22.7 Å². The maximum atomic E-state index is 13.6. The van der Waals surface area contributed by atoms with E-state index < -0.39 is 0 Å². The highest BCUT2D eigenvalue weighted by atomic mass is 79.9. The van der Waals surface area contributed by atoms with Crippen molar-refractivity contribution in [3.8, 4) is 17.6 Å². The summed E-state index contributed by atoms with van der Waals surface area (Å²) in [5, 5.41) is 9.55. The van der Waals surface area contributed by atoms with Crippen molar-refractivity contribution in [2.75, 3.05) is 6.61 Å². The number of benzene rings is 3. The van der Waals surface area contributed by atoms with E-state index in [1.165, 1.54) is 17.7 Å². The molecule has 0 N–H and O–H groups in total. The molecule has 3 rings (SSSR count). The van der Waals surface area contributed by atoms with E-state index in [2.05, 4.69) is 28.1 Å². The Hall–Kier alpha value is -3.10. The van der Waals surface area contributed by atoms with Crippen LogP contribution in [-0.2, 0) is 6.61 Å². The Balaban J connectivity index is 1.93. The maximum Gasteiger partial charge on any atom is 0.175 e. The highest BCUT2D eigenvalue weighted by molar-refractivity contribution is 9.10. The SMILES string of the molecule is CCOc1cc(/C=C(/C#N)c2cccc(F)c2)cc(Br)c1OCc1cccc(C)c1. The van der Waals surface area contributed by atoms with Crippen LogP contribution in [0.5, 0.6) is 11.5 Å². The summed E-state index contributed by atoms with van der Waals surface area (Å²) in [7, 11) is 0. The highest BCUT2D eigenvalue weighted by Crippen LogP contribution is 2.38. The van der Waals surface area contributed by atoms with Crippen LogP contribution in [0.25, 0.3) is 11.6 Å². The van der Waals surface area contributed by atoms with Crippen LogP contribution in [-0.4, -0.2) is 6.61 Å². The second-order valence-electron chi connectivity index (χ2n) is 6.72. The number of halogens is 2. The largest absolute Gasteiger partial charge is 0.490 e. The lowest BCUT2D eigenvalue weighted by Crippen LogP contribution is -2.01. The van der Waals surface area contributed by atoms with Crippen LogP contribution >= 0.6 is 15.9 Å². The van der Waals surface area contributed by atoms with Gasteiger partial charge in [0.25, 0.3) is 0 Å². The first-order chi connectivity index (χ1) is 14.5. The van der Waals surface area contributed by atoms with Gasteiger partial charge in [0.1, 0.15) is 12.4 Å². The Morgan fingerprint density at radius 1 is 1.10 bits per heavy atom. The van der Waals surface area contributed by atoms with Crippen LogP contribution in [0.15, 0.2) is 65.1 Å². The summed E-state index contributed by atoms with van der Waals surface area (Å²) < 4.78 is 26.1. The van der Waals surface area contributed by atoms with Crippen LogP contribution in [0.2, 0.25) is 0 Å². The second kappa shape index (κ2) is 10.1. The van der Waals surface area contributed by atoms with Crippen LogP contribution < -0.4 is 9.47 Å². The number of ether oxygens (including phenoxy) is 2. The number of nitriles is 1. The predicted octanol–water partition coefficient (Wildman–Crippen LogP) is 6.94. The van der Waals surface area contributed by atoms with Crippen molar-refractivity contribution in [2.45, 2.75) is 20.5 Å². The number of allylic oxidation sites excluding steroid dienone is 1. The molecule has 0 bridgehead atoms. The van der Waals surface area contributed by atoms with Gasteiger partial charge in [0.2, 0.25) is 0 Å². The zero-order valence-electron chi connectivity index (χ0n) is 16.8. The van der Waals surface area contributed by atoms with Crippen molar-refractivity contribution in [3.05, 3.63) is 93.2 Å². The Bertz CT molecular complexity index is 1120. The third kappa shape index (κ3) is 5.49. The van der Waals surface area contributed by atoms with E-state index in [1.807, 2.05) is 44.2 Å². The minimum Gasteiger partial charge on any atom is -0.490 e. The fraction of sp³-hybridized carbons (Fsp3) is 0.160. The van der Waals surface area contributed by atoms with Crippen molar-refractivity contribution in [1.29, 1.82) is 5.26 Å². The molecule has 0 heterocycles. The van der Waals surface area contributed by atoms with E-state index in [9.17, 15) is 9.65 Å². The molecule has 0 fully saturated rings. The predicted molar refractivity (Wildman–Crippen MR) is 121 cm³/mol. The first-order valence-corrected chi connectivity index (χ1v) is 10.3. The summed E-state index contributed by atoms with van der Waals surface area (Å²) in [6, 6.07) is 19.9. The molecule has 0 unspecified atom stereocenters. The molecule has 0 aromatic heterocycles. The molecule has 0 aliphatic heterocycles. The number of hydrogen-bond donors (Lipinski definition) is 0. The molecular weight excluding hydrogens is 445 g/mol. The Morgan fingerprint density at radius 3 is 2.60 bits per heavy atom. The number of aryl methyl sites for hydroxylation is 1. The summed E-state index contributed by atoms with van der Waals surface area (Å²) >= 11 is 3.56. The van der Waals surface area contributed by atoms with Crippen LogP contribution in [0.3, 0.4) is 0 Å². The van der Waals surface area contributed by atoms with Crippen molar-refractivity contribution >= 4 is 27.6 Å². The smallest absolute Gasteiger partial charge is 0.175 e. The fourth-order valence-electron chi connectivity index (χ4n) is 3.03. The molecule has 0 saturated heterocycles. The first-order valence-electron chi connectivity index (χ1n) is 9.52. The van der Waals surface area contributed by atoms with E-state index in [0.717, 1.165) is 11.1 Å². The molecule has 0 radical (unpaired) electrons. The van der Waals surface area contributed by atoms with Gasteiger partial charge in [-0.25, -0.2) is 4.39 Å². The lowest BCUT2D eigenvalue weighted by atomic mass is 10.0. The van der Waals surface area contributed by atoms with Crippen molar-refractivity contribution in [1.82, 2.24) is 0 Å². The number of hydrogen-bond acceptors (Lipinski definition) is 3. The van der Waals surface area contributed by atoms with Crippen LogP contribution in [0, 0.1) is 24.1 Å². The molecule has 3 aromatic rings. The molecule has 0 atom stereocenters. The summed E-state index contributed by atoms with van der Waals surface area (Å²) in [6.07, 6.45) is 1.70. The zero-order valence-corrected chi connectivity index (χ0v) is 18.4. The average molecular weight is 466 g/mol. The molecule has 0 amide bonds. The topological polar surface area (TPSA) is 42.2 Å². The number of rotatable bonds is 7. The van der Waals surface area contributed by atoms with Crippen LogP contribution in [0.1, 0.15) is 29.2 Å². The highest BCUT2D eigenvalue weighted by Gasteiger charge is 2.13. The molecule has 0 spiro atoms. The molecule has 0 aliphatic carbocycles. The van der Waals surface area contributed by atoms with Gasteiger partial charge in [-0.15, -0.1) is 0 Å². The lowest BCUT2D eigenvalue weighted by Gasteiger charge is -2.15. The van der Waals surface area contributed by atoms with Gasteiger partial charge in [-0.2, -0.15) is 5.26 Å². The molecule has 30 heavy (non-hydrogen) atoms. The quantitative estimate of drug-likeness (QED) is 0.280. The van der Waals surface area contributed by atoms with Gasteiger partial charge in [-0.1, -0.05) is 42.0 Å². The minimum atomic E-state index is -0.385. The maximum absolute atomic E-state index is 13.6.